The van der Waals surface area contributed by atoms with E-state index >= 15 is 0 Å². The molecule has 1 fully saturated rings. The number of aryl methyl sites for hydroxylation is 1. The molecule has 40 heavy (non-hydrogen) atoms. The fraction of sp³-hybridized carbons (Fsp3) is 0.586. The second-order valence-electron chi connectivity index (χ2n) is 10.2. The van der Waals surface area contributed by atoms with Crippen molar-refractivity contribution in [1.29, 1.82) is 0 Å². The Balaban J connectivity index is 1.96. The molecule has 5 N–H and O–H groups in total. The van der Waals surface area contributed by atoms with Crippen LogP contribution in [0.5, 0.6) is 0 Å². The monoisotopic (exact) mass is 580 g/mol. The number of carbonyl (C=O) groups is 2. The van der Waals surface area contributed by atoms with Crippen molar-refractivity contribution in [3.8, 4) is 0 Å². The molecule has 1 aliphatic rings. The lowest BCUT2D eigenvalue weighted by molar-refractivity contribution is -0.147. The van der Waals surface area contributed by atoms with Crippen molar-refractivity contribution >= 4 is 28.5 Å². The van der Waals surface area contributed by atoms with Gasteiger partial charge in [0.2, 0.25) is 5.91 Å². The van der Waals surface area contributed by atoms with Gasteiger partial charge in [0.05, 0.1) is 50.1 Å². The van der Waals surface area contributed by atoms with Gasteiger partial charge in [-0.05, 0) is 61.3 Å². The molecule has 0 spiro atoms. The Morgan fingerprint density at radius 2 is 1.93 bits per heavy atom. The van der Waals surface area contributed by atoms with Gasteiger partial charge >= 0.3 is 5.97 Å². The molecule has 6 atom stereocenters. The number of benzene rings is 1. The molecular weight excluding hydrogens is 536 g/mol. The van der Waals surface area contributed by atoms with E-state index in [1.165, 1.54) is 7.11 Å². The summed E-state index contributed by atoms with van der Waals surface area (Å²) in [7, 11) is -0.0864. The smallest absolute Gasteiger partial charge is 0.309 e. The number of aliphatic hydroxyl groups excluding tert-OH is 3. The van der Waals surface area contributed by atoms with Crippen molar-refractivity contribution in [3.63, 3.8) is 0 Å². The molecule has 224 valence electrons. The SMILES string of the molecule is CC/C=C(\C=C/C(C)CCCC(C(=O)O)C(O)CO)C1CC(=O)N1c1ccc(CCC(O)CS(=O)NOC)cc1. The van der Waals surface area contributed by atoms with E-state index in [1.54, 1.807) is 4.90 Å². The standard InChI is InChI=1S/C29H44N2O8S/c1-4-6-22(13-9-20(2)7-5-8-25(29(36)37)27(34)18-32)26-17-28(35)31(26)23-14-10-21(11-15-23)12-16-24(33)19-40(38)30-39-3/h6,9-11,13-15,20,24-27,30,32-34H,4-5,7-8,12,16-19H2,1-3H3,(H,36,37)/b13-9-,22-6+. The number of rotatable bonds is 19. The average Bonchev–Trinajstić information content (AvgIpc) is 2.91. The predicted octanol–water partition coefficient (Wildman–Crippen LogP) is 2.65. The number of amides is 1. The summed E-state index contributed by atoms with van der Waals surface area (Å²) in [6, 6.07) is 7.63. The number of aliphatic hydroxyl groups is 3. The molecule has 0 bridgehead atoms. The Morgan fingerprint density at radius 3 is 2.50 bits per heavy atom. The fourth-order valence-corrected chi connectivity index (χ4v) is 5.51. The summed E-state index contributed by atoms with van der Waals surface area (Å²) < 4.78 is 11.6. The normalized spacial score (nSPS) is 19.8. The van der Waals surface area contributed by atoms with E-state index < -0.39 is 41.7 Å². The Morgan fingerprint density at radius 1 is 1.23 bits per heavy atom. The zero-order chi connectivity index (χ0) is 29.7. The van der Waals surface area contributed by atoms with Crippen LogP contribution >= 0.6 is 0 Å². The molecule has 0 aromatic heterocycles. The molecule has 0 aliphatic carbocycles. The number of hydrogen-bond donors (Lipinski definition) is 5. The quantitative estimate of drug-likeness (QED) is 0.0950. The number of anilines is 1. The molecule has 0 saturated carbocycles. The van der Waals surface area contributed by atoms with E-state index in [9.17, 15) is 29.1 Å². The first-order chi connectivity index (χ1) is 19.1. The van der Waals surface area contributed by atoms with Gasteiger partial charge in [0.1, 0.15) is 11.0 Å². The van der Waals surface area contributed by atoms with Crippen LogP contribution in [0.4, 0.5) is 5.69 Å². The van der Waals surface area contributed by atoms with Gasteiger partial charge in [-0.2, -0.15) is 0 Å². The average molecular weight is 581 g/mol. The van der Waals surface area contributed by atoms with Crippen LogP contribution in [0, 0.1) is 11.8 Å². The van der Waals surface area contributed by atoms with Crippen LogP contribution in [0.1, 0.15) is 57.9 Å². The first-order valence-corrected chi connectivity index (χ1v) is 15.1. The highest BCUT2D eigenvalue weighted by Crippen LogP contribution is 2.33. The maximum Gasteiger partial charge on any atom is 0.309 e. The molecule has 1 saturated heterocycles. The Hall–Kier alpha value is -2.41. The van der Waals surface area contributed by atoms with Gasteiger partial charge in [0, 0.05) is 5.69 Å². The number of nitrogens with one attached hydrogen (secondary N) is 1. The van der Waals surface area contributed by atoms with Crippen LogP contribution in [0.2, 0.25) is 0 Å². The van der Waals surface area contributed by atoms with E-state index in [2.05, 4.69) is 21.9 Å². The molecule has 2 rings (SSSR count). The summed E-state index contributed by atoms with van der Waals surface area (Å²) in [5, 5.41) is 38.2. The van der Waals surface area contributed by atoms with Crippen molar-refractivity contribution in [2.75, 3.05) is 24.4 Å². The van der Waals surface area contributed by atoms with Gasteiger partial charge in [-0.1, -0.05) is 50.6 Å². The third-order valence-electron chi connectivity index (χ3n) is 7.03. The van der Waals surface area contributed by atoms with E-state index in [1.807, 2.05) is 44.2 Å². The van der Waals surface area contributed by atoms with Gasteiger partial charge in [-0.3, -0.25) is 14.4 Å². The molecule has 0 radical (unpaired) electrons. The summed E-state index contributed by atoms with van der Waals surface area (Å²) in [4.78, 5) is 32.6. The lowest BCUT2D eigenvalue weighted by atomic mass is 9.89. The van der Waals surface area contributed by atoms with Crippen LogP contribution in [0.3, 0.4) is 0 Å². The minimum absolute atomic E-state index is 0.0481. The topological polar surface area (TPSA) is 157 Å². The molecule has 1 aromatic rings. The van der Waals surface area contributed by atoms with Crippen molar-refractivity contribution in [1.82, 2.24) is 4.89 Å². The van der Waals surface area contributed by atoms with Crippen molar-refractivity contribution in [2.24, 2.45) is 11.8 Å². The highest BCUT2D eigenvalue weighted by molar-refractivity contribution is 7.82. The number of hydrogen-bond acceptors (Lipinski definition) is 7. The third-order valence-corrected chi connectivity index (χ3v) is 8.07. The highest BCUT2D eigenvalue weighted by Gasteiger charge is 2.38. The van der Waals surface area contributed by atoms with Gasteiger partial charge in [-0.25, -0.2) is 4.21 Å². The van der Waals surface area contributed by atoms with Crippen molar-refractivity contribution in [2.45, 2.75) is 77.0 Å². The molecule has 1 aromatic carbocycles. The Bertz CT molecular complexity index is 1030. The number of carboxylic acid groups (broad SMARTS) is 1. The largest absolute Gasteiger partial charge is 0.481 e. The molecule has 11 heteroatoms. The Kier molecular flexibility index (Phi) is 14.7. The molecular formula is C29H44N2O8S. The van der Waals surface area contributed by atoms with Crippen LogP contribution in [-0.4, -0.2) is 74.2 Å². The molecule has 6 unspecified atom stereocenters. The number of allylic oxidation sites excluding steroid dienone is 2. The molecule has 1 aliphatic heterocycles. The van der Waals surface area contributed by atoms with E-state index in [0.717, 1.165) is 29.7 Å². The van der Waals surface area contributed by atoms with E-state index in [-0.39, 0.29) is 30.0 Å². The van der Waals surface area contributed by atoms with E-state index in [4.69, 9.17) is 5.11 Å². The van der Waals surface area contributed by atoms with Crippen LogP contribution in [0.25, 0.3) is 0 Å². The maximum atomic E-state index is 12.6. The zero-order valence-corrected chi connectivity index (χ0v) is 24.4. The Labute approximate surface area is 239 Å². The maximum absolute atomic E-state index is 12.6. The summed E-state index contributed by atoms with van der Waals surface area (Å²) in [6.45, 7) is 3.52. The lowest BCUT2D eigenvalue weighted by Gasteiger charge is -2.41. The molecule has 1 heterocycles. The van der Waals surface area contributed by atoms with Crippen LogP contribution in [0.15, 0.2) is 48.1 Å². The van der Waals surface area contributed by atoms with Gasteiger partial charge in [0.15, 0.2) is 0 Å². The van der Waals surface area contributed by atoms with Gasteiger partial charge in [-0.15, -0.1) is 4.89 Å². The zero-order valence-electron chi connectivity index (χ0n) is 23.6. The summed E-state index contributed by atoms with van der Waals surface area (Å²) in [5.41, 5.74) is 2.87. The number of nitrogens with zero attached hydrogens (tertiary/aromatic N) is 1. The third kappa shape index (κ3) is 10.5. The van der Waals surface area contributed by atoms with E-state index in [0.29, 0.717) is 25.7 Å². The predicted molar refractivity (Wildman–Crippen MR) is 155 cm³/mol. The number of β-lactam (4-membered cyclic amide) rings is 1. The van der Waals surface area contributed by atoms with Crippen LogP contribution < -0.4 is 9.79 Å². The summed E-state index contributed by atoms with van der Waals surface area (Å²) in [5.74, 6) is -1.79. The first kappa shape index (κ1) is 33.8. The number of carbonyl (C=O) groups excluding carboxylic acids is 1. The minimum Gasteiger partial charge on any atom is -0.481 e. The first-order valence-electron chi connectivity index (χ1n) is 13.8. The lowest BCUT2D eigenvalue weighted by Crippen LogP contribution is -2.53. The highest BCUT2D eigenvalue weighted by atomic mass is 32.2. The number of carboxylic acids is 1. The minimum atomic E-state index is -1.46. The van der Waals surface area contributed by atoms with Crippen LogP contribution in [-0.2, 0) is 31.8 Å². The summed E-state index contributed by atoms with van der Waals surface area (Å²) in [6.07, 6.45) is 8.17. The van der Waals surface area contributed by atoms with Crippen molar-refractivity contribution in [3.05, 3.63) is 53.6 Å². The second-order valence-corrected chi connectivity index (χ2v) is 11.4. The number of aliphatic carboxylic acids is 1. The fourth-order valence-electron chi connectivity index (χ4n) is 4.74. The molecule has 1 amide bonds. The second kappa shape index (κ2) is 17.4. The summed E-state index contributed by atoms with van der Waals surface area (Å²) >= 11 is 0. The molecule has 10 nitrogen and oxygen atoms in total. The van der Waals surface area contributed by atoms with Gasteiger partial charge < -0.3 is 25.3 Å². The van der Waals surface area contributed by atoms with Gasteiger partial charge in [0.25, 0.3) is 0 Å². The van der Waals surface area contributed by atoms with Crippen molar-refractivity contribution < 1.29 is 39.1 Å².